The van der Waals surface area contributed by atoms with Crippen molar-refractivity contribution in [2.45, 2.75) is 98.8 Å². The molecule has 0 radical (unpaired) electrons. The van der Waals surface area contributed by atoms with Gasteiger partial charge < -0.3 is 28.7 Å². The number of unbranched alkanes of at least 4 members (excludes halogenated alkanes) is 1. The molecule has 282 valence electrons. The summed E-state index contributed by atoms with van der Waals surface area (Å²) < 4.78 is 26.8. The fraction of sp³-hybridized carbons (Fsp3) is 0.447. The van der Waals surface area contributed by atoms with Crippen LogP contribution < -0.4 is 23.8 Å². The highest BCUT2D eigenvalue weighted by molar-refractivity contribution is 5.63. The Hall–Kier alpha value is -4.58. The molecule has 0 aromatic heterocycles. The fourth-order valence-corrected chi connectivity index (χ4v) is 7.43. The number of fused-ring (bicyclic) bond motifs is 8. The molecule has 6 nitrogen and oxygen atoms in total. The molecule has 0 fully saturated rings. The van der Waals surface area contributed by atoms with Gasteiger partial charge in [-0.25, -0.2) is 0 Å². The summed E-state index contributed by atoms with van der Waals surface area (Å²) in [5.41, 5.74) is 10.6. The Balaban J connectivity index is 1.57. The summed E-state index contributed by atoms with van der Waals surface area (Å²) in [7, 11) is 0. The average molecular weight is 717 g/mol. The first-order valence-corrected chi connectivity index (χ1v) is 20.2. The zero-order chi connectivity index (χ0) is 37.0. The largest absolute Gasteiger partial charge is 0.493 e. The summed E-state index contributed by atoms with van der Waals surface area (Å²) >= 11 is 0. The van der Waals surface area contributed by atoms with Crippen LogP contribution in [0.15, 0.2) is 79.1 Å². The Morgan fingerprint density at radius 2 is 0.811 bits per heavy atom. The van der Waals surface area contributed by atoms with Crippen LogP contribution in [0, 0.1) is 0 Å². The molecule has 4 aromatic carbocycles. The molecular weight excluding hydrogens is 657 g/mol. The number of para-hydroxylation sites is 3. The minimum atomic E-state index is 0.654. The number of anilines is 1. The Labute approximate surface area is 318 Å². The van der Waals surface area contributed by atoms with Crippen LogP contribution in [0.5, 0.6) is 23.0 Å². The molecule has 0 saturated carbocycles. The predicted molar refractivity (Wildman–Crippen MR) is 218 cm³/mol. The third-order valence-corrected chi connectivity index (χ3v) is 10.0. The Bertz CT molecular complexity index is 1730. The lowest BCUT2D eigenvalue weighted by molar-refractivity contribution is 0.304. The van der Waals surface area contributed by atoms with Gasteiger partial charge in [-0.15, -0.1) is 0 Å². The molecule has 53 heavy (non-hydrogen) atoms. The first kappa shape index (κ1) is 38.2. The summed E-state index contributed by atoms with van der Waals surface area (Å²) in [6.45, 7) is 15.5. The van der Waals surface area contributed by atoms with E-state index >= 15 is 0 Å². The van der Waals surface area contributed by atoms with Crippen LogP contribution in [0.3, 0.4) is 0 Å². The van der Waals surface area contributed by atoms with Gasteiger partial charge in [0.25, 0.3) is 0 Å². The van der Waals surface area contributed by atoms with Crippen LogP contribution in [0.4, 0.5) is 5.69 Å². The lowest BCUT2D eigenvalue weighted by Gasteiger charge is -2.26. The maximum absolute atomic E-state index is 6.78. The van der Waals surface area contributed by atoms with Crippen molar-refractivity contribution in [2.75, 3.05) is 44.5 Å². The van der Waals surface area contributed by atoms with Gasteiger partial charge in [0, 0.05) is 61.4 Å². The van der Waals surface area contributed by atoms with E-state index < -0.39 is 0 Å². The van der Waals surface area contributed by atoms with Crippen LogP contribution in [0.2, 0.25) is 0 Å². The highest BCUT2D eigenvalue weighted by Crippen LogP contribution is 2.41. The van der Waals surface area contributed by atoms with Crippen molar-refractivity contribution in [1.29, 1.82) is 0 Å². The summed E-state index contributed by atoms with van der Waals surface area (Å²) in [6.07, 6.45) is 13.4. The standard InChI is InChI=1S/C47H60N2O4/c1-6-11-21-48-22-23-49(34-48)43-32-41-30-39-19-13-17-37(45(39)51-25-8-3)28-35-15-12-16-36(44(35)50-24-7-2)29-38-18-14-20-40(46(38)52-26-9-4)31-42(33-43)47(41)53-27-10-5/h12-20,22-23,32-33H,6-11,21,24-31,34H2,1-5H3. The number of hydrogen-bond donors (Lipinski definition) is 0. The molecule has 6 rings (SSSR count). The van der Waals surface area contributed by atoms with Crippen molar-refractivity contribution in [2.24, 2.45) is 0 Å². The Morgan fingerprint density at radius 3 is 1.17 bits per heavy atom. The minimum absolute atomic E-state index is 0.654. The van der Waals surface area contributed by atoms with Gasteiger partial charge in [-0.3, -0.25) is 0 Å². The lowest BCUT2D eigenvalue weighted by Crippen LogP contribution is -2.26. The second-order valence-electron chi connectivity index (χ2n) is 14.5. The summed E-state index contributed by atoms with van der Waals surface area (Å²) in [5, 5.41) is 0. The SMILES string of the molecule is CCCCN1C=CN(c2cc3c(OCCC)c(c2)Cc2cccc(c2OCCC)Cc2cccc(c2OCCC)Cc2cccc(c2OCCC)C3)C1. The third-order valence-electron chi connectivity index (χ3n) is 10.0. The molecule has 0 amide bonds. The first-order chi connectivity index (χ1) is 26.1. The second-order valence-corrected chi connectivity index (χ2v) is 14.5. The lowest BCUT2D eigenvalue weighted by atomic mass is 9.91. The van der Waals surface area contributed by atoms with Crippen LogP contribution >= 0.6 is 0 Å². The normalized spacial score (nSPS) is 13.7. The highest BCUT2D eigenvalue weighted by atomic mass is 16.5. The number of nitrogens with zero attached hydrogens (tertiary/aromatic N) is 2. The average Bonchev–Trinajstić information content (AvgIpc) is 3.65. The monoisotopic (exact) mass is 716 g/mol. The molecule has 1 aliphatic carbocycles. The minimum Gasteiger partial charge on any atom is -0.493 e. The molecule has 0 saturated heterocycles. The topological polar surface area (TPSA) is 43.4 Å². The molecule has 0 atom stereocenters. The van der Waals surface area contributed by atoms with Gasteiger partial charge in [0.1, 0.15) is 23.0 Å². The van der Waals surface area contributed by atoms with Crippen molar-refractivity contribution in [1.82, 2.24) is 4.90 Å². The van der Waals surface area contributed by atoms with Crippen molar-refractivity contribution < 1.29 is 18.9 Å². The smallest absolute Gasteiger partial charge is 0.126 e. The molecule has 0 N–H and O–H groups in total. The van der Waals surface area contributed by atoms with Crippen molar-refractivity contribution in [3.63, 3.8) is 0 Å². The maximum atomic E-state index is 6.78. The van der Waals surface area contributed by atoms with E-state index in [9.17, 15) is 0 Å². The van der Waals surface area contributed by atoms with Gasteiger partial charge in [0.15, 0.2) is 0 Å². The fourth-order valence-electron chi connectivity index (χ4n) is 7.43. The zero-order valence-corrected chi connectivity index (χ0v) is 32.8. The summed E-state index contributed by atoms with van der Waals surface area (Å²) in [6, 6.07) is 24.6. The molecule has 6 heteroatoms. The van der Waals surface area contributed by atoms with E-state index in [0.29, 0.717) is 39.3 Å². The molecule has 1 heterocycles. The van der Waals surface area contributed by atoms with Gasteiger partial charge in [-0.2, -0.15) is 0 Å². The van der Waals surface area contributed by atoms with Gasteiger partial charge in [-0.1, -0.05) is 95.6 Å². The van der Waals surface area contributed by atoms with Crippen LogP contribution in [0.25, 0.3) is 0 Å². The Kier molecular flexibility index (Phi) is 13.6. The van der Waals surface area contributed by atoms with E-state index in [0.717, 1.165) is 74.7 Å². The first-order valence-electron chi connectivity index (χ1n) is 20.2. The Morgan fingerprint density at radius 1 is 0.453 bits per heavy atom. The number of rotatable bonds is 16. The van der Waals surface area contributed by atoms with Crippen molar-refractivity contribution >= 4 is 5.69 Å². The summed E-state index contributed by atoms with van der Waals surface area (Å²) in [5.74, 6) is 3.92. The number of ether oxygens (including phenoxy) is 4. The van der Waals surface area contributed by atoms with E-state index in [-0.39, 0.29) is 0 Å². The highest BCUT2D eigenvalue weighted by Gasteiger charge is 2.24. The van der Waals surface area contributed by atoms with Gasteiger partial charge in [0.2, 0.25) is 0 Å². The van der Waals surface area contributed by atoms with E-state index in [2.05, 4.69) is 124 Å². The van der Waals surface area contributed by atoms with Gasteiger partial charge in [0.05, 0.1) is 33.1 Å². The third kappa shape index (κ3) is 9.33. The van der Waals surface area contributed by atoms with E-state index in [1.165, 1.54) is 63.0 Å². The quantitative estimate of drug-likeness (QED) is 0.101. The maximum Gasteiger partial charge on any atom is 0.126 e. The van der Waals surface area contributed by atoms with E-state index in [1.54, 1.807) is 0 Å². The van der Waals surface area contributed by atoms with Crippen molar-refractivity contribution in [3.05, 3.63) is 124 Å². The van der Waals surface area contributed by atoms with Crippen molar-refractivity contribution in [3.8, 4) is 23.0 Å². The van der Waals surface area contributed by atoms with E-state index in [4.69, 9.17) is 18.9 Å². The molecule has 0 unspecified atom stereocenters. The van der Waals surface area contributed by atoms with Crippen LogP contribution in [0.1, 0.15) is 118 Å². The molecule has 1 aliphatic heterocycles. The van der Waals surface area contributed by atoms with Gasteiger partial charge >= 0.3 is 0 Å². The molecule has 0 spiro atoms. The van der Waals surface area contributed by atoms with E-state index in [1.807, 2.05) is 0 Å². The van der Waals surface area contributed by atoms with Crippen LogP contribution in [-0.2, 0) is 25.7 Å². The molecule has 2 aliphatic rings. The molecular formula is C47H60N2O4. The zero-order valence-electron chi connectivity index (χ0n) is 32.8. The summed E-state index contributed by atoms with van der Waals surface area (Å²) in [4.78, 5) is 4.79. The number of benzene rings is 4. The second kappa shape index (κ2) is 19.0. The molecule has 4 aromatic rings. The predicted octanol–water partition coefficient (Wildman–Crippen LogP) is 10.9. The van der Waals surface area contributed by atoms with Crippen LogP contribution in [-0.4, -0.2) is 44.5 Å². The molecule has 8 bridgehead atoms. The number of hydrogen-bond acceptors (Lipinski definition) is 6. The van der Waals surface area contributed by atoms with Gasteiger partial charge in [-0.05, 0) is 77.6 Å².